The van der Waals surface area contributed by atoms with Crippen molar-refractivity contribution in [2.75, 3.05) is 19.8 Å². The molecule has 1 aliphatic carbocycles. The molecule has 24 heavy (non-hydrogen) atoms. The zero-order valence-corrected chi connectivity index (χ0v) is 14.1. The Kier molecular flexibility index (Phi) is 3.92. The van der Waals surface area contributed by atoms with Gasteiger partial charge in [0.25, 0.3) is 0 Å². The maximum atomic E-state index is 12.1. The van der Waals surface area contributed by atoms with Gasteiger partial charge in [-0.15, -0.1) is 0 Å². The molecule has 0 amide bonds. The van der Waals surface area contributed by atoms with E-state index in [0.29, 0.717) is 18.3 Å². The number of furan rings is 1. The average molecular weight is 330 g/mol. The summed E-state index contributed by atoms with van der Waals surface area (Å²) in [6, 6.07) is 0. The van der Waals surface area contributed by atoms with E-state index in [1.54, 1.807) is 6.92 Å². The van der Waals surface area contributed by atoms with Crippen LogP contribution in [-0.2, 0) is 28.9 Å². The van der Waals surface area contributed by atoms with Crippen LogP contribution in [0.4, 0.5) is 0 Å². The molecule has 128 valence electrons. The lowest BCUT2D eigenvalue weighted by molar-refractivity contribution is 0.0487. The first kappa shape index (κ1) is 15.4. The largest absolute Gasteiger partial charge is 0.460 e. The Morgan fingerprint density at radius 2 is 2.33 bits per heavy atom. The van der Waals surface area contributed by atoms with Crippen LogP contribution in [0.5, 0.6) is 0 Å². The van der Waals surface area contributed by atoms with Gasteiger partial charge >= 0.3 is 5.97 Å². The summed E-state index contributed by atoms with van der Waals surface area (Å²) < 4.78 is 18.4. The van der Waals surface area contributed by atoms with E-state index in [1.807, 2.05) is 11.6 Å². The molecule has 0 radical (unpaired) electrons. The highest BCUT2D eigenvalue weighted by atomic mass is 16.5. The number of rotatable bonds is 4. The smallest absolute Gasteiger partial charge is 0.374 e. The Morgan fingerprint density at radius 1 is 1.46 bits per heavy atom. The van der Waals surface area contributed by atoms with E-state index in [2.05, 4.69) is 6.20 Å². The van der Waals surface area contributed by atoms with Crippen molar-refractivity contribution in [1.82, 2.24) is 9.78 Å². The van der Waals surface area contributed by atoms with Crippen LogP contribution >= 0.6 is 0 Å². The molecule has 0 spiro atoms. The maximum absolute atomic E-state index is 12.1. The van der Waals surface area contributed by atoms with Gasteiger partial charge in [-0.05, 0) is 32.3 Å². The standard InChI is InChI=1S/C18H22N2O4/c1-3-23-18(21)17-11(2)15-14(24-17)5-4-13-9-20(19-16(13)15)8-12-6-7-22-10-12/h9,12H,3-8,10H2,1-2H3/t12-/m0/s1. The molecule has 6 heteroatoms. The van der Waals surface area contributed by atoms with Gasteiger partial charge in [0.15, 0.2) is 0 Å². The number of nitrogens with zero attached hydrogens (tertiary/aromatic N) is 2. The molecule has 2 aliphatic rings. The van der Waals surface area contributed by atoms with Crippen molar-refractivity contribution >= 4 is 5.97 Å². The van der Waals surface area contributed by atoms with Gasteiger partial charge in [0.05, 0.1) is 18.9 Å². The van der Waals surface area contributed by atoms with Crippen molar-refractivity contribution in [3.8, 4) is 11.3 Å². The van der Waals surface area contributed by atoms with E-state index in [-0.39, 0.29) is 0 Å². The lowest BCUT2D eigenvalue weighted by atomic mass is 9.94. The Balaban J connectivity index is 1.67. The van der Waals surface area contributed by atoms with Gasteiger partial charge in [-0.1, -0.05) is 0 Å². The minimum absolute atomic E-state index is 0.313. The van der Waals surface area contributed by atoms with Gasteiger partial charge < -0.3 is 13.9 Å². The van der Waals surface area contributed by atoms with Crippen LogP contribution in [-0.4, -0.2) is 35.6 Å². The SMILES string of the molecule is CCOC(=O)c1oc2c(c1C)-c1nn(C[C@@H]3CCOC3)cc1CC2. The minimum Gasteiger partial charge on any atom is -0.460 e. The molecule has 6 nitrogen and oxygen atoms in total. The average Bonchev–Trinajstić information content (AvgIpc) is 3.26. The number of esters is 1. The molecule has 1 atom stereocenters. The first-order valence-electron chi connectivity index (χ1n) is 8.61. The Hall–Kier alpha value is -2.08. The van der Waals surface area contributed by atoms with Crippen LogP contribution < -0.4 is 0 Å². The molecule has 4 rings (SSSR count). The summed E-state index contributed by atoms with van der Waals surface area (Å²) in [6.07, 6.45) is 4.90. The topological polar surface area (TPSA) is 66.5 Å². The van der Waals surface area contributed by atoms with Crippen LogP contribution in [0.25, 0.3) is 11.3 Å². The number of carbonyl (C=O) groups excluding carboxylic acids is 1. The van der Waals surface area contributed by atoms with Crippen LogP contribution in [0.1, 0.15) is 40.8 Å². The van der Waals surface area contributed by atoms with E-state index in [1.165, 1.54) is 5.56 Å². The van der Waals surface area contributed by atoms with Crippen molar-refractivity contribution in [2.24, 2.45) is 5.92 Å². The fourth-order valence-electron chi connectivity index (χ4n) is 3.64. The molecule has 0 unspecified atom stereocenters. The summed E-state index contributed by atoms with van der Waals surface area (Å²) in [5.74, 6) is 1.30. The fourth-order valence-corrected chi connectivity index (χ4v) is 3.64. The zero-order valence-electron chi connectivity index (χ0n) is 14.1. The van der Waals surface area contributed by atoms with Crippen LogP contribution in [0.3, 0.4) is 0 Å². The number of ether oxygens (including phenoxy) is 2. The molecule has 2 aromatic heterocycles. The molecule has 0 saturated carbocycles. The van der Waals surface area contributed by atoms with Crippen LogP contribution in [0, 0.1) is 12.8 Å². The maximum Gasteiger partial charge on any atom is 0.374 e. The fraction of sp³-hybridized carbons (Fsp3) is 0.556. The third-order valence-corrected chi connectivity index (χ3v) is 4.85. The summed E-state index contributed by atoms with van der Waals surface area (Å²) >= 11 is 0. The number of hydrogen-bond donors (Lipinski definition) is 0. The number of carbonyl (C=O) groups is 1. The zero-order chi connectivity index (χ0) is 16.7. The van der Waals surface area contributed by atoms with Gasteiger partial charge in [0.1, 0.15) is 5.76 Å². The van der Waals surface area contributed by atoms with Gasteiger partial charge in [0, 0.05) is 42.8 Å². The van der Waals surface area contributed by atoms with E-state index in [0.717, 1.165) is 61.6 Å². The minimum atomic E-state index is -0.395. The monoisotopic (exact) mass is 330 g/mol. The van der Waals surface area contributed by atoms with Crippen molar-refractivity contribution < 1.29 is 18.7 Å². The first-order valence-corrected chi connectivity index (χ1v) is 8.61. The molecule has 0 aromatic carbocycles. The van der Waals surface area contributed by atoms with Crippen molar-refractivity contribution in [1.29, 1.82) is 0 Å². The normalized spacial score (nSPS) is 19.2. The van der Waals surface area contributed by atoms with Crippen molar-refractivity contribution in [2.45, 2.75) is 39.7 Å². The Bertz CT molecular complexity index is 768. The van der Waals surface area contributed by atoms with Crippen LogP contribution in [0.2, 0.25) is 0 Å². The number of aromatic nitrogens is 2. The van der Waals surface area contributed by atoms with E-state index < -0.39 is 5.97 Å². The van der Waals surface area contributed by atoms with Crippen molar-refractivity contribution in [3.63, 3.8) is 0 Å². The third-order valence-electron chi connectivity index (χ3n) is 4.85. The molecule has 1 aliphatic heterocycles. The lowest BCUT2D eigenvalue weighted by Crippen LogP contribution is -2.11. The summed E-state index contributed by atoms with van der Waals surface area (Å²) in [5, 5.41) is 4.78. The molecule has 1 fully saturated rings. The molecular formula is C18H22N2O4. The second-order valence-corrected chi connectivity index (χ2v) is 6.53. The second kappa shape index (κ2) is 6.09. The molecule has 3 heterocycles. The second-order valence-electron chi connectivity index (χ2n) is 6.53. The van der Waals surface area contributed by atoms with Gasteiger partial charge in [-0.25, -0.2) is 4.79 Å². The van der Waals surface area contributed by atoms with Crippen LogP contribution in [0.15, 0.2) is 10.6 Å². The predicted octanol–water partition coefficient (Wildman–Crippen LogP) is 2.76. The molecule has 2 aromatic rings. The van der Waals surface area contributed by atoms with Gasteiger partial charge in [-0.2, -0.15) is 5.10 Å². The summed E-state index contributed by atoms with van der Waals surface area (Å²) in [5.41, 5.74) is 3.98. The quantitative estimate of drug-likeness (QED) is 0.807. The first-order chi connectivity index (χ1) is 11.7. The Labute approximate surface area is 140 Å². The number of aryl methyl sites for hydroxylation is 2. The number of hydrogen-bond acceptors (Lipinski definition) is 5. The van der Waals surface area contributed by atoms with Gasteiger partial charge in [-0.3, -0.25) is 4.68 Å². The number of fused-ring (bicyclic) bond motifs is 3. The van der Waals surface area contributed by atoms with E-state index >= 15 is 0 Å². The predicted molar refractivity (Wildman–Crippen MR) is 87.0 cm³/mol. The van der Waals surface area contributed by atoms with Gasteiger partial charge in [0.2, 0.25) is 5.76 Å². The molecule has 1 saturated heterocycles. The van der Waals surface area contributed by atoms with Crippen molar-refractivity contribution in [3.05, 3.63) is 28.8 Å². The van der Waals surface area contributed by atoms with E-state index in [4.69, 9.17) is 19.0 Å². The summed E-state index contributed by atoms with van der Waals surface area (Å²) in [6.45, 7) is 6.58. The lowest BCUT2D eigenvalue weighted by Gasteiger charge is -2.09. The highest BCUT2D eigenvalue weighted by Crippen LogP contribution is 2.38. The molecule has 0 bridgehead atoms. The van der Waals surface area contributed by atoms with E-state index in [9.17, 15) is 4.79 Å². The molecule has 0 N–H and O–H groups in total. The highest BCUT2D eigenvalue weighted by molar-refractivity contribution is 5.91. The highest BCUT2D eigenvalue weighted by Gasteiger charge is 2.30. The Morgan fingerprint density at radius 3 is 3.08 bits per heavy atom. The summed E-state index contributed by atoms with van der Waals surface area (Å²) in [7, 11) is 0. The third kappa shape index (κ3) is 2.55. The summed E-state index contributed by atoms with van der Waals surface area (Å²) in [4.78, 5) is 12.1. The molecular weight excluding hydrogens is 308 g/mol.